The van der Waals surface area contributed by atoms with Crippen molar-refractivity contribution < 1.29 is 29.1 Å². The minimum absolute atomic E-state index is 0.113. The van der Waals surface area contributed by atoms with Crippen LogP contribution in [0.2, 0.25) is 0 Å². The van der Waals surface area contributed by atoms with E-state index in [1.54, 1.807) is 0 Å². The molecule has 0 fully saturated rings. The third-order valence-corrected chi connectivity index (χ3v) is 2.53. The van der Waals surface area contributed by atoms with Crippen molar-refractivity contribution in [2.45, 2.75) is 27.2 Å². The molecular weight excluding hydrogens is 249 g/mol. The standard InChI is InChI=1S/C9H19NO2.H3O4P/c1-6(2)7(3)8(5-10)4-9(11)12;1-5(2,3)4/h6-8H,4-5,10H2,1-3H3,(H,11,12);(H3,1,2,3,4)/t7-,8+;/m1./s1. The zero-order valence-electron chi connectivity index (χ0n) is 10.3. The van der Waals surface area contributed by atoms with Gasteiger partial charge in [0.25, 0.3) is 0 Å². The number of aliphatic carboxylic acids is 1. The Morgan fingerprint density at radius 2 is 1.59 bits per heavy atom. The maximum atomic E-state index is 10.4. The van der Waals surface area contributed by atoms with E-state index in [1.807, 2.05) is 0 Å². The highest BCUT2D eigenvalue weighted by Gasteiger charge is 2.21. The molecule has 0 aromatic rings. The van der Waals surface area contributed by atoms with Crippen LogP contribution in [-0.4, -0.2) is 32.3 Å². The smallest absolute Gasteiger partial charge is 0.466 e. The molecule has 0 saturated carbocycles. The first-order valence-corrected chi connectivity index (χ1v) is 6.75. The van der Waals surface area contributed by atoms with Crippen LogP contribution in [0.4, 0.5) is 0 Å². The lowest BCUT2D eigenvalue weighted by Gasteiger charge is -2.24. The SMILES string of the molecule is CC(C)[C@@H](C)[C@H](CN)CC(=O)O.O=P(O)(O)O. The van der Waals surface area contributed by atoms with Gasteiger partial charge in [-0.3, -0.25) is 4.79 Å². The van der Waals surface area contributed by atoms with Gasteiger partial charge in [0.15, 0.2) is 0 Å². The summed E-state index contributed by atoms with van der Waals surface area (Å²) in [5.41, 5.74) is 5.50. The second kappa shape index (κ2) is 8.60. The lowest BCUT2D eigenvalue weighted by Crippen LogP contribution is -2.27. The Hall–Kier alpha value is -0.460. The van der Waals surface area contributed by atoms with Crippen molar-refractivity contribution in [3.8, 4) is 0 Å². The van der Waals surface area contributed by atoms with Crippen LogP contribution in [0.1, 0.15) is 27.2 Å². The highest BCUT2D eigenvalue weighted by molar-refractivity contribution is 7.45. The van der Waals surface area contributed by atoms with Crippen LogP contribution in [0.15, 0.2) is 0 Å². The molecule has 0 aliphatic rings. The van der Waals surface area contributed by atoms with Crippen molar-refractivity contribution in [2.24, 2.45) is 23.5 Å². The molecular formula is C9H22NO6P. The Balaban J connectivity index is 0. The van der Waals surface area contributed by atoms with Gasteiger partial charge in [0, 0.05) is 6.42 Å². The van der Waals surface area contributed by atoms with Gasteiger partial charge in [0.2, 0.25) is 0 Å². The maximum absolute atomic E-state index is 10.4. The number of hydrogen-bond acceptors (Lipinski definition) is 3. The van der Waals surface area contributed by atoms with E-state index in [1.165, 1.54) is 0 Å². The van der Waals surface area contributed by atoms with Gasteiger partial charge in [0.1, 0.15) is 0 Å². The van der Waals surface area contributed by atoms with Gasteiger partial charge < -0.3 is 25.5 Å². The Morgan fingerprint density at radius 1 is 1.24 bits per heavy atom. The van der Waals surface area contributed by atoms with E-state index in [4.69, 9.17) is 30.1 Å². The monoisotopic (exact) mass is 271 g/mol. The van der Waals surface area contributed by atoms with Gasteiger partial charge in [-0.05, 0) is 24.3 Å². The molecule has 0 radical (unpaired) electrons. The zero-order chi connectivity index (χ0) is 14.2. The molecule has 0 saturated heterocycles. The molecule has 0 aromatic carbocycles. The molecule has 104 valence electrons. The molecule has 0 aliphatic heterocycles. The normalized spacial score (nSPS) is 14.8. The summed E-state index contributed by atoms with van der Waals surface area (Å²) in [6, 6.07) is 0. The highest BCUT2D eigenvalue weighted by Crippen LogP contribution is 2.25. The summed E-state index contributed by atoms with van der Waals surface area (Å²) in [6.45, 7) is 6.71. The molecule has 0 heterocycles. The third-order valence-electron chi connectivity index (χ3n) is 2.53. The van der Waals surface area contributed by atoms with Crippen LogP contribution < -0.4 is 5.73 Å². The summed E-state index contributed by atoms with van der Waals surface area (Å²) in [7, 11) is -4.64. The van der Waals surface area contributed by atoms with Gasteiger partial charge in [0.05, 0.1) is 0 Å². The summed E-state index contributed by atoms with van der Waals surface area (Å²) in [4.78, 5) is 32.0. The van der Waals surface area contributed by atoms with Crippen molar-refractivity contribution in [3.63, 3.8) is 0 Å². The van der Waals surface area contributed by atoms with Gasteiger partial charge in [-0.15, -0.1) is 0 Å². The van der Waals surface area contributed by atoms with Gasteiger partial charge in [-0.1, -0.05) is 20.8 Å². The molecule has 2 atom stereocenters. The fraction of sp³-hybridized carbons (Fsp3) is 0.889. The number of rotatable bonds is 5. The minimum Gasteiger partial charge on any atom is -0.481 e. The Morgan fingerprint density at radius 3 is 1.76 bits per heavy atom. The average Bonchev–Trinajstić information content (AvgIpc) is 2.09. The van der Waals surface area contributed by atoms with E-state index in [0.717, 1.165) is 0 Å². The second-order valence-electron chi connectivity index (χ2n) is 4.21. The maximum Gasteiger partial charge on any atom is 0.466 e. The van der Waals surface area contributed by atoms with Crippen LogP contribution >= 0.6 is 7.82 Å². The predicted molar refractivity (Wildman–Crippen MR) is 63.1 cm³/mol. The minimum atomic E-state index is -4.64. The summed E-state index contributed by atoms with van der Waals surface area (Å²) in [5.74, 6) is 0.240. The largest absolute Gasteiger partial charge is 0.481 e. The van der Waals surface area contributed by atoms with E-state index in [2.05, 4.69) is 20.8 Å². The molecule has 0 spiro atoms. The lowest BCUT2D eigenvalue weighted by atomic mass is 9.83. The summed E-state index contributed by atoms with van der Waals surface area (Å²) in [6.07, 6.45) is 0.190. The third kappa shape index (κ3) is 15.5. The second-order valence-corrected chi connectivity index (χ2v) is 5.24. The molecule has 6 N–H and O–H groups in total. The molecule has 0 aromatic heterocycles. The van der Waals surface area contributed by atoms with Crippen molar-refractivity contribution >= 4 is 13.8 Å². The van der Waals surface area contributed by atoms with Crippen LogP contribution in [0.3, 0.4) is 0 Å². The zero-order valence-corrected chi connectivity index (χ0v) is 11.2. The van der Waals surface area contributed by atoms with Crippen LogP contribution in [0.25, 0.3) is 0 Å². The van der Waals surface area contributed by atoms with E-state index in [0.29, 0.717) is 18.4 Å². The van der Waals surface area contributed by atoms with Gasteiger partial charge >= 0.3 is 13.8 Å². The molecule has 7 nitrogen and oxygen atoms in total. The summed E-state index contributed by atoms with van der Waals surface area (Å²) in [5, 5.41) is 8.59. The van der Waals surface area contributed by atoms with Crippen molar-refractivity contribution in [2.75, 3.05) is 6.54 Å². The Bertz CT molecular complexity index is 256. The molecule has 0 bridgehead atoms. The summed E-state index contributed by atoms with van der Waals surface area (Å²) >= 11 is 0. The number of carboxylic acid groups (broad SMARTS) is 1. The fourth-order valence-electron chi connectivity index (χ4n) is 1.25. The average molecular weight is 271 g/mol. The lowest BCUT2D eigenvalue weighted by molar-refractivity contribution is -0.138. The number of phosphoric acid groups is 1. The molecule has 0 rings (SSSR count). The van der Waals surface area contributed by atoms with E-state index in [-0.39, 0.29) is 12.3 Å². The predicted octanol–water partition coefficient (Wildman–Crippen LogP) is 0.399. The topological polar surface area (TPSA) is 141 Å². The van der Waals surface area contributed by atoms with Crippen LogP contribution in [0.5, 0.6) is 0 Å². The first kappa shape index (κ1) is 18.9. The van der Waals surface area contributed by atoms with Crippen molar-refractivity contribution in [1.29, 1.82) is 0 Å². The van der Waals surface area contributed by atoms with Gasteiger partial charge in [-0.2, -0.15) is 0 Å². The Kier molecular flexibility index (Phi) is 9.56. The molecule has 8 heteroatoms. The first-order chi connectivity index (χ1) is 7.49. The van der Waals surface area contributed by atoms with Crippen molar-refractivity contribution in [1.82, 2.24) is 0 Å². The molecule has 0 unspecified atom stereocenters. The molecule has 17 heavy (non-hydrogen) atoms. The number of nitrogens with two attached hydrogens (primary N) is 1. The molecule has 0 amide bonds. The van der Waals surface area contributed by atoms with E-state index < -0.39 is 13.8 Å². The quantitative estimate of drug-likeness (QED) is 0.455. The Labute approximate surface area is 101 Å². The van der Waals surface area contributed by atoms with Crippen LogP contribution in [0, 0.1) is 17.8 Å². The highest BCUT2D eigenvalue weighted by atomic mass is 31.2. The number of carbonyl (C=O) groups is 1. The number of carboxylic acids is 1. The first-order valence-electron chi connectivity index (χ1n) is 5.19. The van der Waals surface area contributed by atoms with Crippen LogP contribution in [-0.2, 0) is 9.36 Å². The number of hydrogen-bond donors (Lipinski definition) is 5. The van der Waals surface area contributed by atoms with Gasteiger partial charge in [-0.25, -0.2) is 4.57 Å². The summed E-state index contributed by atoms with van der Waals surface area (Å²) < 4.78 is 8.88. The molecule has 0 aliphatic carbocycles. The van der Waals surface area contributed by atoms with E-state index in [9.17, 15) is 4.79 Å². The van der Waals surface area contributed by atoms with E-state index >= 15 is 0 Å². The van der Waals surface area contributed by atoms with Crippen molar-refractivity contribution in [3.05, 3.63) is 0 Å². The fourth-order valence-corrected chi connectivity index (χ4v) is 1.25.